The fraction of sp³-hybridized carbons (Fsp3) is 0.800. The van der Waals surface area contributed by atoms with Crippen molar-refractivity contribution >= 4 is 17.7 Å². The molecular formula is C15H25N3O3. The van der Waals surface area contributed by atoms with Crippen molar-refractivity contribution in [3.63, 3.8) is 0 Å². The molecule has 21 heavy (non-hydrogen) atoms. The lowest BCUT2D eigenvalue weighted by Crippen LogP contribution is -2.43. The number of hydrogen-bond donors (Lipinski definition) is 2. The van der Waals surface area contributed by atoms with E-state index in [2.05, 4.69) is 10.6 Å². The molecule has 2 rings (SSSR count). The van der Waals surface area contributed by atoms with Gasteiger partial charge in [-0.25, -0.2) is 0 Å². The maximum absolute atomic E-state index is 12.1. The summed E-state index contributed by atoms with van der Waals surface area (Å²) in [6.07, 6.45) is 7.44. The van der Waals surface area contributed by atoms with Gasteiger partial charge in [-0.1, -0.05) is 25.7 Å². The highest BCUT2D eigenvalue weighted by Gasteiger charge is 2.34. The highest BCUT2D eigenvalue weighted by Crippen LogP contribution is 2.25. The van der Waals surface area contributed by atoms with Crippen LogP contribution >= 0.6 is 0 Å². The summed E-state index contributed by atoms with van der Waals surface area (Å²) in [7, 11) is 0. The van der Waals surface area contributed by atoms with Crippen LogP contribution in [0.2, 0.25) is 0 Å². The van der Waals surface area contributed by atoms with Crippen LogP contribution in [0.4, 0.5) is 0 Å². The predicted octanol–water partition coefficient (Wildman–Crippen LogP) is 0.562. The maximum atomic E-state index is 12.1. The van der Waals surface area contributed by atoms with E-state index >= 15 is 0 Å². The van der Waals surface area contributed by atoms with E-state index in [-0.39, 0.29) is 30.3 Å². The van der Waals surface area contributed by atoms with Gasteiger partial charge in [0.25, 0.3) is 0 Å². The van der Waals surface area contributed by atoms with Gasteiger partial charge in [-0.2, -0.15) is 0 Å². The second-order valence-corrected chi connectivity index (χ2v) is 6.07. The van der Waals surface area contributed by atoms with Gasteiger partial charge in [-0.05, 0) is 12.8 Å². The highest BCUT2D eigenvalue weighted by molar-refractivity contribution is 5.85. The van der Waals surface area contributed by atoms with Crippen LogP contribution in [0.15, 0.2) is 0 Å². The van der Waals surface area contributed by atoms with Crippen LogP contribution in [-0.2, 0) is 14.4 Å². The van der Waals surface area contributed by atoms with Crippen LogP contribution in [0.25, 0.3) is 0 Å². The summed E-state index contributed by atoms with van der Waals surface area (Å²) in [6.45, 7) is 1.96. The largest absolute Gasteiger partial charge is 0.350 e. The van der Waals surface area contributed by atoms with Crippen molar-refractivity contribution in [1.29, 1.82) is 0 Å². The van der Waals surface area contributed by atoms with Crippen LogP contribution in [0.1, 0.15) is 51.9 Å². The summed E-state index contributed by atoms with van der Waals surface area (Å²) in [4.78, 5) is 36.6. The molecule has 2 N–H and O–H groups in total. The molecular weight excluding hydrogens is 270 g/mol. The molecule has 0 aromatic rings. The van der Waals surface area contributed by atoms with Gasteiger partial charge in [0.05, 0.1) is 12.6 Å². The molecule has 0 aromatic carbocycles. The van der Waals surface area contributed by atoms with E-state index in [1.165, 1.54) is 32.6 Å². The minimum atomic E-state index is -0.231. The number of carbonyl (C=O) groups excluding carboxylic acids is 3. The molecule has 2 fully saturated rings. The monoisotopic (exact) mass is 295 g/mol. The first-order valence-electron chi connectivity index (χ1n) is 7.89. The van der Waals surface area contributed by atoms with Gasteiger partial charge < -0.3 is 15.5 Å². The van der Waals surface area contributed by atoms with E-state index < -0.39 is 0 Å². The third-order valence-corrected chi connectivity index (χ3v) is 4.29. The Bertz CT molecular complexity index is 403. The molecule has 1 saturated heterocycles. The molecule has 1 unspecified atom stereocenters. The summed E-state index contributed by atoms with van der Waals surface area (Å²) in [5.74, 6) is -0.315. The number of carbonyl (C=O) groups is 3. The van der Waals surface area contributed by atoms with Crippen LogP contribution in [-0.4, -0.2) is 47.8 Å². The zero-order chi connectivity index (χ0) is 15.2. The fourth-order valence-corrected chi connectivity index (χ4v) is 3.23. The molecule has 0 bridgehead atoms. The first-order chi connectivity index (χ1) is 10.1. The SMILES string of the molecule is CC(=O)NCC(=O)NC1CC(=O)N(C2CCCCCC2)C1. The number of rotatable bonds is 4. The first kappa shape index (κ1) is 15.8. The standard InChI is InChI=1S/C15H25N3O3/c1-11(19)16-9-14(20)17-12-8-15(21)18(10-12)13-6-4-2-3-5-7-13/h12-13H,2-10H2,1H3,(H,16,19)(H,17,20). The van der Waals surface area contributed by atoms with Crippen molar-refractivity contribution in [1.82, 2.24) is 15.5 Å². The van der Waals surface area contributed by atoms with E-state index in [0.29, 0.717) is 19.0 Å². The van der Waals surface area contributed by atoms with Gasteiger partial charge in [-0.3, -0.25) is 14.4 Å². The first-order valence-corrected chi connectivity index (χ1v) is 7.89. The lowest BCUT2D eigenvalue weighted by molar-refractivity contribution is -0.129. The lowest BCUT2D eigenvalue weighted by atomic mass is 10.1. The van der Waals surface area contributed by atoms with E-state index in [1.807, 2.05) is 4.90 Å². The van der Waals surface area contributed by atoms with Crippen LogP contribution < -0.4 is 10.6 Å². The van der Waals surface area contributed by atoms with Gasteiger partial charge in [0, 0.05) is 25.9 Å². The Balaban J connectivity index is 1.81. The van der Waals surface area contributed by atoms with Crippen molar-refractivity contribution < 1.29 is 14.4 Å². The van der Waals surface area contributed by atoms with Gasteiger partial charge >= 0.3 is 0 Å². The average Bonchev–Trinajstić information content (AvgIpc) is 2.66. The molecule has 0 aromatic heterocycles. The second-order valence-electron chi connectivity index (χ2n) is 6.07. The number of nitrogens with zero attached hydrogens (tertiary/aromatic N) is 1. The molecule has 2 aliphatic rings. The van der Waals surface area contributed by atoms with Gasteiger partial charge in [-0.15, -0.1) is 0 Å². The topological polar surface area (TPSA) is 78.5 Å². The molecule has 3 amide bonds. The quantitative estimate of drug-likeness (QED) is 0.744. The van der Waals surface area contributed by atoms with Crippen molar-refractivity contribution in [2.24, 2.45) is 0 Å². The van der Waals surface area contributed by atoms with Gasteiger partial charge in [0.15, 0.2) is 0 Å². The van der Waals surface area contributed by atoms with E-state index in [0.717, 1.165) is 12.8 Å². The summed E-state index contributed by atoms with van der Waals surface area (Å²) in [5, 5.41) is 5.30. The Labute approximate surface area is 125 Å². The highest BCUT2D eigenvalue weighted by atomic mass is 16.2. The fourth-order valence-electron chi connectivity index (χ4n) is 3.23. The maximum Gasteiger partial charge on any atom is 0.239 e. The number of nitrogens with one attached hydrogen (secondary N) is 2. The summed E-state index contributed by atoms with van der Waals surface area (Å²) in [6, 6.07) is 0.222. The molecule has 1 aliphatic heterocycles. The smallest absolute Gasteiger partial charge is 0.239 e. The minimum Gasteiger partial charge on any atom is -0.350 e. The Morgan fingerprint density at radius 3 is 2.48 bits per heavy atom. The normalized spacial score (nSPS) is 23.8. The molecule has 1 atom stereocenters. The molecule has 1 aliphatic carbocycles. The molecule has 1 heterocycles. The van der Waals surface area contributed by atoms with Gasteiger partial charge in [0.1, 0.15) is 0 Å². The number of likely N-dealkylation sites (tertiary alicyclic amines) is 1. The molecule has 118 valence electrons. The van der Waals surface area contributed by atoms with Crippen LogP contribution in [0.3, 0.4) is 0 Å². The van der Waals surface area contributed by atoms with Crippen LogP contribution in [0, 0.1) is 0 Å². The van der Waals surface area contributed by atoms with Gasteiger partial charge in [0.2, 0.25) is 17.7 Å². The molecule has 0 spiro atoms. The molecule has 6 nitrogen and oxygen atoms in total. The summed E-state index contributed by atoms with van der Waals surface area (Å²) < 4.78 is 0. The number of amides is 3. The molecule has 6 heteroatoms. The Morgan fingerprint density at radius 2 is 1.86 bits per heavy atom. The van der Waals surface area contributed by atoms with Crippen LogP contribution in [0.5, 0.6) is 0 Å². The van der Waals surface area contributed by atoms with Crippen molar-refractivity contribution in [3.8, 4) is 0 Å². The van der Waals surface area contributed by atoms with Crippen molar-refractivity contribution in [2.75, 3.05) is 13.1 Å². The predicted molar refractivity (Wildman–Crippen MR) is 78.4 cm³/mol. The average molecular weight is 295 g/mol. The Kier molecular flexibility index (Phi) is 5.59. The van der Waals surface area contributed by atoms with Crippen molar-refractivity contribution in [3.05, 3.63) is 0 Å². The minimum absolute atomic E-state index is 0.0244. The van der Waals surface area contributed by atoms with E-state index in [4.69, 9.17) is 0 Å². The summed E-state index contributed by atoms with van der Waals surface area (Å²) >= 11 is 0. The van der Waals surface area contributed by atoms with E-state index in [1.54, 1.807) is 0 Å². The van der Waals surface area contributed by atoms with E-state index in [9.17, 15) is 14.4 Å². The zero-order valence-corrected chi connectivity index (χ0v) is 12.7. The van der Waals surface area contributed by atoms with Crippen molar-refractivity contribution in [2.45, 2.75) is 64.0 Å². The zero-order valence-electron chi connectivity index (χ0n) is 12.7. The number of hydrogen-bond acceptors (Lipinski definition) is 3. The summed E-state index contributed by atoms with van der Waals surface area (Å²) in [5.41, 5.74) is 0. The third-order valence-electron chi connectivity index (χ3n) is 4.29. The molecule has 0 radical (unpaired) electrons. The Hall–Kier alpha value is -1.59. The lowest BCUT2D eigenvalue weighted by Gasteiger charge is -2.27. The molecule has 1 saturated carbocycles. The third kappa shape index (κ3) is 4.72. The second kappa shape index (κ2) is 7.43. The Morgan fingerprint density at radius 1 is 1.19 bits per heavy atom.